The average molecular weight is 582 g/mol. The van der Waals surface area contributed by atoms with Gasteiger partial charge in [-0.3, -0.25) is 4.79 Å². The summed E-state index contributed by atoms with van der Waals surface area (Å²) in [5.74, 6) is -0.118. The number of hydrogen-bond acceptors (Lipinski definition) is 5. The van der Waals surface area contributed by atoms with Crippen LogP contribution < -0.4 is 10.6 Å². The third-order valence-electron chi connectivity index (χ3n) is 6.80. The fraction of sp³-hybridized carbons (Fsp3) is 0.519. The number of rotatable bonds is 4. The van der Waals surface area contributed by atoms with Crippen molar-refractivity contribution in [2.45, 2.75) is 57.6 Å². The first kappa shape index (κ1) is 28.5. The Morgan fingerprint density at radius 1 is 0.947 bits per heavy atom. The number of piperidine rings is 2. The quantitative estimate of drug-likeness (QED) is 0.450. The van der Waals surface area contributed by atoms with Crippen LogP contribution in [0.4, 0.5) is 15.3 Å². The molecule has 1 aromatic carbocycles. The molecule has 0 bridgehead atoms. The lowest BCUT2D eigenvalue weighted by atomic mass is 9.88. The van der Waals surface area contributed by atoms with E-state index >= 15 is 0 Å². The molecule has 3 heterocycles. The van der Waals surface area contributed by atoms with Crippen LogP contribution in [0.15, 0.2) is 36.4 Å². The molecular weight excluding hydrogens is 547 g/mol. The third-order valence-corrected chi connectivity index (χ3v) is 8.41. The summed E-state index contributed by atoms with van der Waals surface area (Å²) in [6.45, 7) is 7.57. The third kappa shape index (κ3) is 7.55. The summed E-state index contributed by atoms with van der Waals surface area (Å²) in [6, 6.07) is 10.3. The summed E-state index contributed by atoms with van der Waals surface area (Å²) in [4.78, 5) is 43.3. The smallest absolute Gasteiger partial charge is 0.410 e. The van der Waals surface area contributed by atoms with Crippen LogP contribution in [0.1, 0.15) is 50.8 Å². The predicted octanol–water partition coefficient (Wildman–Crippen LogP) is 6.21. The van der Waals surface area contributed by atoms with Crippen molar-refractivity contribution < 1.29 is 19.1 Å². The van der Waals surface area contributed by atoms with Crippen molar-refractivity contribution in [3.05, 3.63) is 50.6 Å². The Morgan fingerprint density at radius 3 is 2.21 bits per heavy atom. The molecule has 38 heavy (non-hydrogen) atoms. The number of likely N-dealkylation sites (tertiary alicyclic amines) is 2. The molecule has 11 heteroatoms. The average Bonchev–Trinajstić information content (AvgIpc) is 3.30. The molecule has 2 aliphatic rings. The second kappa shape index (κ2) is 12.1. The van der Waals surface area contributed by atoms with Crippen LogP contribution in [-0.2, 0) is 9.53 Å². The summed E-state index contributed by atoms with van der Waals surface area (Å²) in [5, 5.41) is 6.55. The van der Waals surface area contributed by atoms with E-state index in [1.54, 1.807) is 29.2 Å². The molecule has 0 aliphatic carbocycles. The number of nitrogens with zero attached hydrogens (tertiary/aromatic N) is 2. The molecule has 0 spiro atoms. The van der Waals surface area contributed by atoms with E-state index in [1.165, 1.54) is 11.3 Å². The van der Waals surface area contributed by atoms with E-state index in [9.17, 15) is 14.4 Å². The molecule has 8 nitrogen and oxygen atoms in total. The van der Waals surface area contributed by atoms with E-state index in [-0.39, 0.29) is 35.9 Å². The minimum atomic E-state index is -0.548. The van der Waals surface area contributed by atoms with E-state index in [0.717, 1.165) is 4.88 Å². The Hall–Kier alpha value is -2.49. The minimum absolute atomic E-state index is 0.0805. The standard InChI is InChI=1S/C27H34Cl2N4O4S/c1-27(2,3)37-26(36)32-13-10-17(11-14-32)24(34)33-15-12-21(20(16-33)22-8-9-23(29)38-22)31-25(35)30-19-6-4-18(28)5-7-19/h4-9,17,20-21H,10-16H2,1-3H3,(H2,30,31,35)/t20-,21-/m1/s1. The summed E-state index contributed by atoms with van der Waals surface area (Å²) < 4.78 is 6.15. The van der Waals surface area contributed by atoms with Gasteiger partial charge in [0.05, 0.1) is 4.34 Å². The zero-order chi connectivity index (χ0) is 27.4. The van der Waals surface area contributed by atoms with Gasteiger partial charge in [-0.25, -0.2) is 9.59 Å². The lowest BCUT2D eigenvalue weighted by Gasteiger charge is -2.41. The zero-order valence-electron chi connectivity index (χ0n) is 21.8. The number of carbonyl (C=O) groups excluding carboxylic acids is 3. The highest BCUT2D eigenvalue weighted by atomic mass is 35.5. The van der Waals surface area contributed by atoms with Crippen LogP contribution in [0.2, 0.25) is 9.36 Å². The van der Waals surface area contributed by atoms with Gasteiger partial charge in [0.15, 0.2) is 0 Å². The Balaban J connectivity index is 1.37. The van der Waals surface area contributed by atoms with Crippen LogP contribution in [0.5, 0.6) is 0 Å². The first-order valence-electron chi connectivity index (χ1n) is 12.8. The summed E-state index contributed by atoms with van der Waals surface area (Å²) in [7, 11) is 0. The van der Waals surface area contributed by atoms with Gasteiger partial charge in [0.25, 0.3) is 0 Å². The monoisotopic (exact) mass is 580 g/mol. The van der Waals surface area contributed by atoms with Crippen molar-refractivity contribution in [3.8, 4) is 0 Å². The minimum Gasteiger partial charge on any atom is -0.444 e. The van der Waals surface area contributed by atoms with Crippen LogP contribution in [0.25, 0.3) is 0 Å². The number of amides is 4. The molecule has 206 valence electrons. The molecular formula is C27H34Cl2N4O4S. The van der Waals surface area contributed by atoms with Crippen LogP contribution in [0.3, 0.4) is 0 Å². The molecule has 2 N–H and O–H groups in total. The maximum absolute atomic E-state index is 13.5. The van der Waals surface area contributed by atoms with Gasteiger partial charge in [-0.2, -0.15) is 0 Å². The highest BCUT2D eigenvalue weighted by Gasteiger charge is 2.38. The topological polar surface area (TPSA) is 91.0 Å². The van der Waals surface area contributed by atoms with Gasteiger partial charge in [0.2, 0.25) is 5.91 Å². The van der Waals surface area contributed by atoms with Crippen molar-refractivity contribution in [3.63, 3.8) is 0 Å². The SMILES string of the molecule is CC(C)(C)OC(=O)N1CCC(C(=O)N2CC[C@@H](NC(=O)Nc3ccc(Cl)cc3)[C@H](c3ccc(Cl)s3)C2)CC1. The highest BCUT2D eigenvalue weighted by Crippen LogP contribution is 2.35. The molecule has 0 unspecified atom stereocenters. The van der Waals surface area contributed by atoms with Crippen LogP contribution in [-0.4, -0.2) is 65.7 Å². The maximum Gasteiger partial charge on any atom is 0.410 e. The van der Waals surface area contributed by atoms with Gasteiger partial charge >= 0.3 is 12.1 Å². The van der Waals surface area contributed by atoms with E-state index in [2.05, 4.69) is 10.6 Å². The Kier molecular flexibility index (Phi) is 9.11. The van der Waals surface area contributed by atoms with Gasteiger partial charge in [0, 0.05) is 59.6 Å². The molecule has 2 aliphatic heterocycles. The number of ether oxygens (including phenoxy) is 1. The second-order valence-corrected chi connectivity index (χ2v) is 13.0. The van der Waals surface area contributed by atoms with Gasteiger partial charge in [-0.15, -0.1) is 11.3 Å². The number of benzene rings is 1. The summed E-state index contributed by atoms with van der Waals surface area (Å²) in [6.07, 6.45) is 1.50. The van der Waals surface area contributed by atoms with Gasteiger partial charge in [0.1, 0.15) is 5.60 Å². The molecule has 2 saturated heterocycles. The number of urea groups is 1. The largest absolute Gasteiger partial charge is 0.444 e. The molecule has 0 radical (unpaired) electrons. The molecule has 2 fully saturated rings. The van der Waals surface area contributed by atoms with Gasteiger partial charge < -0.3 is 25.2 Å². The summed E-state index contributed by atoms with van der Waals surface area (Å²) >= 11 is 13.6. The first-order valence-corrected chi connectivity index (χ1v) is 14.4. The van der Waals surface area contributed by atoms with Crippen LogP contribution >= 0.6 is 34.5 Å². The number of thiophene rings is 1. The molecule has 2 atom stereocenters. The highest BCUT2D eigenvalue weighted by molar-refractivity contribution is 7.16. The van der Waals surface area contributed by atoms with E-state index < -0.39 is 5.60 Å². The van der Waals surface area contributed by atoms with E-state index in [0.29, 0.717) is 60.5 Å². The number of nitrogens with one attached hydrogen (secondary N) is 2. The Bertz CT molecular complexity index is 1140. The molecule has 0 saturated carbocycles. The number of halogens is 2. The fourth-order valence-corrected chi connectivity index (χ4v) is 6.25. The predicted molar refractivity (Wildman–Crippen MR) is 151 cm³/mol. The number of anilines is 1. The normalized spacial score (nSPS) is 20.7. The molecule has 4 rings (SSSR count). The van der Waals surface area contributed by atoms with Crippen molar-refractivity contribution >= 4 is 58.3 Å². The van der Waals surface area contributed by atoms with Gasteiger partial charge in [-0.05, 0) is 76.4 Å². The van der Waals surface area contributed by atoms with E-state index in [4.69, 9.17) is 27.9 Å². The first-order chi connectivity index (χ1) is 18.0. The lowest BCUT2D eigenvalue weighted by Crippen LogP contribution is -2.53. The Morgan fingerprint density at radius 2 is 1.61 bits per heavy atom. The van der Waals surface area contributed by atoms with E-state index in [1.807, 2.05) is 37.8 Å². The van der Waals surface area contributed by atoms with Crippen molar-refractivity contribution in [2.24, 2.45) is 5.92 Å². The second-order valence-electron chi connectivity index (χ2n) is 10.8. The summed E-state index contributed by atoms with van der Waals surface area (Å²) in [5.41, 5.74) is 0.0982. The van der Waals surface area contributed by atoms with Crippen LogP contribution in [0, 0.1) is 5.92 Å². The number of hydrogen-bond donors (Lipinski definition) is 2. The molecule has 2 aromatic rings. The van der Waals surface area contributed by atoms with Crippen molar-refractivity contribution in [1.82, 2.24) is 15.1 Å². The molecule has 1 aromatic heterocycles. The maximum atomic E-state index is 13.5. The number of carbonyl (C=O) groups is 3. The van der Waals surface area contributed by atoms with Crippen molar-refractivity contribution in [1.29, 1.82) is 0 Å². The molecule has 4 amide bonds. The fourth-order valence-electron chi connectivity index (χ4n) is 4.90. The zero-order valence-corrected chi connectivity index (χ0v) is 24.2. The van der Waals surface area contributed by atoms with Crippen molar-refractivity contribution in [2.75, 3.05) is 31.5 Å². The Labute approximate surface area is 237 Å². The lowest BCUT2D eigenvalue weighted by molar-refractivity contribution is -0.138. The van der Waals surface area contributed by atoms with Gasteiger partial charge in [-0.1, -0.05) is 23.2 Å².